The van der Waals surface area contributed by atoms with Crippen LogP contribution in [0.2, 0.25) is 0 Å². The average molecular weight is 604 g/mol. The minimum atomic E-state index is -1.07. The number of fused-ring (bicyclic) bond motifs is 1. The molecule has 0 spiro atoms. The van der Waals surface area contributed by atoms with E-state index in [1.807, 2.05) is 0 Å². The van der Waals surface area contributed by atoms with E-state index >= 15 is 0 Å². The van der Waals surface area contributed by atoms with Crippen molar-refractivity contribution in [1.82, 2.24) is 19.7 Å². The Hall–Kier alpha value is -3.61. The highest BCUT2D eigenvalue weighted by Gasteiger charge is 2.19. The minimum Gasteiger partial charge on any atom is -0.494 e. The van der Waals surface area contributed by atoms with Crippen molar-refractivity contribution in [2.75, 3.05) is 59.9 Å². The van der Waals surface area contributed by atoms with E-state index in [4.69, 9.17) is 9.47 Å². The molecular weight excluding hydrogens is 574 g/mol. The van der Waals surface area contributed by atoms with E-state index in [1.54, 1.807) is 28.8 Å². The van der Waals surface area contributed by atoms with Gasteiger partial charge in [-0.15, -0.1) is 0 Å². The second-order valence-corrected chi connectivity index (χ2v) is 10.6. The fourth-order valence-corrected chi connectivity index (χ4v) is 4.34. The van der Waals surface area contributed by atoms with Crippen LogP contribution in [0, 0.1) is 11.6 Å². The van der Waals surface area contributed by atoms with Gasteiger partial charge in [-0.2, -0.15) is 4.39 Å². The molecule has 0 saturated heterocycles. The number of anilines is 2. The molecule has 2 aromatic heterocycles. The third-order valence-electron chi connectivity index (χ3n) is 5.89. The molecule has 0 atom stereocenters. The molecule has 9 nitrogen and oxygen atoms in total. The SMILES string of the molecule is COc1ccc(-c2cnc3c(Nc4ccc(C(=O)NCCOCC[N+](C)(C)C)c(Br)c4)nccn23)c(F)c1F. The van der Waals surface area contributed by atoms with Crippen LogP contribution in [-0.4, -0.2) is 79.3 Å². The molecule has 39 heavy (non-hydrogen) atoms. The summed E-state index contributed by atoms with van der Waals surface area (Å²) >= 11 is 3.46. The molecule has 0 aliphatic heterocycles. The largest absolute Gasteiger partial charge is 0.494 e. The Balaban J connectivity index is 1.45. The Morgan fingerprint density at radius 2 is 1.90 bits per heavy atom. The number of carbonyl (C=O) groups is 1. The molecule has 206 valence electrons. The van der Waals surface area contributed by atoms with Crippen molar-refractivity contribution in [2.24, 2.45) is 0 Å². The lowest BCUT2D eigenvalue weighted by atomic mass is 10.1. The molecule has 4 rings (SSSR count). The van der Waals surface area contributed by atoms with Crippen LogP contribution in [0.3, 0.4) is 0 Å². The van der Waals surface area contributed by atoms with Gasteiger partial charge in [-0.1, -0.05) is 0 Å². The van der Waals surface area contributed by atoms with E-state index in [9.17, 15) is 13.6 Å². The number of hydrogen-bond donors (Lipinski definition) is 2. The summed E-state index contributed by atoms with van der Waals surface area (Å²) in [6, 6.07) is 7.98. The summed E-state index contributed by atoms with van der Waals surface area (Å²) in [6.07, 6.45) is 4.58. The number of imidazole rings is 1. The number of halogens is 3. The van der Waals surface area contributed by atoms with Crippen LogP contribution in [0.5, 0.6) is 5.75 Å². The van der Waals surface area contributed by atoms with Gasteiger partial charge in [0.25, 0.3) is 5.91 Å². The fourth-order valence-electron chi connectivity index (χ4n) is 3.78. The normalized spacial score (nSPS) is 11.6. The van der Waals surface area contributed by atoms with Crippen LogP contribution in [0.1, 0.15) is 10.4 Å². The van der Waals surface area contributed by atoms with E-state index in [2.05, 4.69) is 57.7 Å². The summed E-state index contributed by atoms with van der Waals surface area (Å²) < 4.78 is 42.5. The first-order chi connectivity index (χ1) is 18.6. The van der Waals surface area contributed by atoms with Gasteiger partial charge in [-0.3, -0.25) is 9.20 Å². The summed E-state index contributed by atoms with van der Waals surface area (Å²) in [4.78, 5) is 21.3. The lowest BCUT2D eigenvalue weighted by Crippen LogP contribution is -2.38. The summed E-state index contributed by atoms with van der Waals surface area (Å²) in [5, 5.41) is 6.03. The summed E-state index contributed by atoms with van der Waals surface area (Å²) in [6.45, 7) is 2.33. The van der Waals surface area contributed by atoms with Crippen LogP contribution in [0.4, 0.5) is 20.3 Å². The van der Waals surface area contributed by atoms with Crippen molar-refractivity contribution >= 4 is 39.0 Å². The lowest BCUT2D eigenvalue weighted by Gasteiger charge is -2.23. The van der Waals surface area contributed by atoms with Gasteiger partial charge in [0.05, 0.1) is 58.9 Å². The maximum absolute atomic E-state index is 14.7. The number of aromatic nitrogens is 3. The number of quaternary nitrogens is 1. The van der Waals surface area contributed by atoms with Crippen molar-refractivity contribution in [1.29, 1.82) is 0 Å². The van der Waals surface area contributed by atoms with Crippen molar-refractivity contribution in [3.05, 3.63) is 70.6 Å². The first-order valence-electron chi connectivity index (χ1n) is 12.2. The molecule has 0 saturated carbocycles. The van der Waals surface area contributed by atoms with Crippen LogP contribution in [-0.2, 0) is 4.74 Å². The molecule has 0 bridgehead atoms. The predicted molar refractivity (Wildman–Crippen MR) is 148 cm³/mol. The second-order valence-electron chi connectivity index (χ2n) is 9.76. The van der Waals surface area contributed by atoms with Gasteiger partial charge in [0.15, 0.2) is 23.0 Å². The third-order valence-corrected chi connectivity index (χ3v) is 6.54. The quantitative estimate of drug-likeness (QED) is 0.192. The highest BCUT2D eigenvalue weighted by atomic mass is 79.9. The van der Waals surface area contributed by atoms with E-state index < -0.39 is 11.6 Å². The topological polar surface area (TPSA) is 89.8 Å². The van der Waals surface area contributed by atoms with Crippen LogP contribution in [0.15, 0.2) is 53.4 Å². The first-order valence-corrected chi connectivity index (χ1v) is 13.0. The Morgan fingerprint density at radius 1 is 1.10 bits per heavy atom. The Morgan fingerprint density at radius 3 is 2.62 bits per heavy atom. The number of nitrogens with zero attached hydrogens (tertiary/aromatic N) is 4. The van der Waals surface area contributed by atoms with Gasteiger partial charge in [0.2, 0.25) is 5.82 Å². The highest BCUT2D eigenvalue weighted by Crippen LogP contribution is 2.32. The maximum atomic E-state index is 14.7. The molecule has 12 heteroatoms. The number of benzene rings is 2. The zero-order valence-corrected chi connectivity index (χ0v) is 23.7. The Labute approximate surface area is 233 Å². The maximum Gasteiger partial charge on any atom is 0.252 e. The summed E-state index contributed by atoms with van der Waals surface area (Å²) in [7, 11) is 7.55. The second kappa shape index (κ2) is 12.1. The smallest absolute Gasteiger partial charge is 0.252 e. The number of methoxy groups -OCH3 is 1. The number of carbonyl (C=O) groups excluding carboxylic acids is 1. The van der Waals surface area contributed by atoms with Crippen LogP contribution >= 0.6 is 15.9 Å². The fraction of sp³-hybridized carbons (Fsp3) is 0.296. The first kappa shape index (κ1) is 28.4. The highest BCUT2D eigenvalue weighted by molar-refractivity contribution is 9.10. The number of amides is 1. The number of likely N-dealkylation sites (N-methyl/N-ethyl adjacent to an activating group) is 1. The zero-order valence-electron chi connectivity index (χ0n) is 22.1. The molecule has 2 aromatic carbocycles. The van der Waals surface area contributed by atoms with Gasteiger partial charge >= 0.3 is 0 Å². The van der Waals surface area contributed by atoms with E-state index in [1.165, 1.54) is 31.6 Å². The molecule has 0 aliphatic carbocycles. The molecule has 1 amide bonds. The van der Waals surface area contributed by atoms with Gasteiger partial charge in [-0.25, -0.2) is 14.4 Å². The molecular formula is C27H30BrF2N6O3+. The molecule has 2 heterocycles. The monoisotopic (exact) mass is 603 g/mol. The van der Waals surface area contributed by atoms with Crippen molar-refractivity contribution in [2.45, 2.75) is 0 Å². The molecule has 0 radical (unpaired) electrons. The number of nitrogens with one attached hydrogen (secondary N) is 2. The molecule has 0 aliphatic rings. The number of ether oxygens (including phenoxy) is 2. The van der Waals surface area contributed by atoms with Crippen LogP contribution in [0.25, 0.3) is 16.9 Å². The van der Waals surface area contributed by atoms with Crippen LogP contribution < -0.4 is 15.4 Å². The van der Waals surface area contributed by atoms with E-state index in [0.717, 1.165) is 11.0 Å². The standard InChI is InChI=1S/C27H29BrF2N6O3/c1-36(2,3)12-14-39-13-10-32-27(37)18-6-5-17(15-20(18)28)34-25-26-33-16-21(35(26)11-9-31-25)19-7-8-22(38-4)24(30)23(19)29/h5-9,11,15-16H,10,12-14H2,1-4H3,(H-,31,32,34,37)/p+1. The van der Waals surface area contributed by atoms with E-state index in [-0.39, 0.29) is 17.2 Å². The average Bonchev–Trinajstić information content (AvgIpc) is 3.32. The predicted octanol–water partition coefficient (Wildman–Crippen LogP) is 4.64. The zero-order chi connectivity index (χ0) is 28.2. The van der Waals surface area contributed by atoms with Crippen molar-refractivity contribution in [3.8, 4) is 17.0 Å². The van der Waals surface area contributed by atoms with Gasteiger partial charge in [-0.05, 0) is 46.3 Å². The summed E-state index contributed by atoms with van der Waals surface area (Å²) in [5.41, 5.74) is 1.91. The van der Waals surface area contributed by atoms with Crippen molar-refractivity contribution in [3.63, 3.8) is 0 Å². The minimum absolute atomic E-state index is 0.0369. The Bertz CT molecular complexity index is 1490. The Kier molecular flexibility index (Phi) is 8.78. The lowest BCUT2D eigenvalue weighted by molar-refractivity contribution is -0.870. The summed E-state index contributed by atoms with van der Waals surface area (Å²) in [5.74, 6) is -2.11. The molecule has 0 fully saturated rings. The number of rotatable bonds is 11. The number of hydrogen-bond acceptors (Lipinski definition) is 6. The van der Waals surface area contributed by atoms with E-state index in [0.29, 0.717) is 52.6 Å². The van der Waals surface area contributed by atoms with Gasteiger partial charge < -0.3 is 24.6 Å². The molecule has 4 aromatic rings. The third kappa shape index (κ3) is 6.70. The molecule has 0 unspecified atom stereocenters. The van der Waals surface area contributed by atoms with Crippen molar-refractivity contribution < 1.29 is 27.5 Å². The van der Waals surface area contributed by atoms with Gasteiger partial charge in [0.1, 0.15) is 6.54 Å². The van der Waals surface area contributed by atoms with Gasteiger partial charge in [0, 0.05) is 34.7 Å². The molecule has 2 N–H and O–H groups in total.